The van der Waals surface area contributed by atoms with Gasteiger partial charge >= 0.3 is 0 Å². The van der Waals surface area contributed by atoms with Crippen LogP contribution in [0.2, 0.25) is 0 Å². The predicted molar refractivity (Wildman–Crippen MR) is 107 cm³/mol. The van der Waals surface area contributed by atoms with E-state index in [1.807, 2.05) is 45.0 Å². The van der Waals surface area contributed by atoms with Gasteiger partial charge < -0.3 is 25.3 Å². The van der Waals surface area contributed by atoms with Gasteiger partial charge in [0.25, 0.3) is 0 Å². The molecule has 1 heterocycles. The Kier molecular flexibility index (Phi) is 9.23. The highest BCUT2D eigenvalue weighted by atomic mass is 35.5. The second kappa shape index (κ2) is 10.9. The summed E-state index contributed by atoms with van der Waals surface area (Å²) in [6.45, 7) is 6.88. The van der Waals surface area contributed by atoms with Gasteiger partial charge in [-0.15, -0.1) is 22.6 Å². The maximum absolute atomic E-state index is 10.1. The third-order valence-corrected chi connectivity index (χ3v) is 3.71. The zero-order valence-electron chi connectivity index (χ0n) is 15.8. The number of β-amino-alcohol motifs (C(OH)–C–C–N with tert-alkyl or cyclic N) is 1. The molecule has 0 fully saturated rings. The molecule has 1 unspecified atom stereocenters. The lowest BCUT2D eigenvalue weighted by atomic mass is 10.1. The number of hydrazine groups is 1. The fraction of sp³-hybridized carbons (Fsp3) is 0.444. The van der Waals surface area contributed by atoms with Crippen LogP contribution >= 0.6 is 12.4 Å². The predicted octanol–water partition coefficient (Wildman–Crippen LogP) is 1.68. The van der Waals surface area contributed by atoms with E-state index in [2.05, 4.69) is 20.9 Å². The molecule has 0 aliphatic rings. The summed E-state index contributed by atoms with van der Waals surface area (Å²) in [6, 6.07) is 11.1. The minimum atomic E-state index is -0.636. The number of nitrogens with two attached hydrogens (primary N) is 1. The van der Waals surface area contributed by atoms with Crippen molar-refractivity contribution in [2.75, 3.05) is 25.2 Å². The molecule has 1 aromatic heterocycles. The van der Waals surface area contributed by atoms with Crippen molar-refractivity contribution >= 4 is 18.2 Å². The van der Waals surface area contributed by atoms with Gasteiger partial charge in [-0.05, 0) is 38.5 Å². The second-order valence-corrected chi connectivity index (χ2v) is 6.68. The normalized spacial score (nSPS) is 12.0. The number of halogens is 1. The van der Waals surface area contributed by atoms with E-state index in [1.54, 1.807) is 12.1 Å². The molecule has 5 N–H and O–H groups in total. The van der Waals surface area contributed by atoms with E-state index in [-0.39, 0.29) is 24.6 Å². The molecule has 150 valence electrons. The first-order chi connectivity index (χ1) is 12.4. The number of hydrogen-bond donors (Lipinski definition) is 4. The maximum atomic E-state index is 10.1. The van der Waals surface area contributed by atoms with Crippen LogP contribution in [0.5, 0.6) is 11.6 Å². The van der Waals surface area contributed by atoms with E-state index < -0.39 is 6.10 Å². The summed E-state index contributed by atoms with van der Waals surface area (Å²) in [6.07, 6.45) is -0.636. The van der Waals surface area contributed by atoms with Crippen molar-refractivity contribution in [1.82, 2.24) is 15.5 Å². The van der Waals surface area contributed by atoms with E-state index in [1.165, 1.54) is 0 Å². The Hall–Kier alpha value is -2.13. The molecule has 1 aromatic carbocycles. The number of benzene rings is 1. The van der Waals surface area contributed by atoms with Crippen LogP contribution < -0.4 is 26.1 Å². The summed E-state index contributed by atoms with van der Waals surface area (Å²) in [7, 11) is 0. The average Bonchev–Trinajstić information content (AvgIpc) is 2.65. The second-order valence-electron chi connectivity index (χ2n) is 6.68. The summed E-state index contributed by atoms with van der Waals surface area (Å²) >= 11 is 0. The lowest BCUT2D eigenvalue weighted by Gasteiger charge is -2.27. The third kappa shape index (κ3) is 7.96. The van der Waals surface area contributed by atoms with Gasteiger partial charge in [-0.2, -0.15) is 0 Å². The van der Waals surface area contributed by atoms with Gasteiger partial charge in [0.05, 0.1) is 0 Å². The fourth-order valence-electron chi connectivity index (χ4n) is 2.14. The Balaban J connectivity index is 0.00000364. The first-order valence-electron chi connectivity index (χ1n) is 8.44. The first kappa shape index (κ1) is 22.9. The Bertz CT molecular complexity index is 685. The molecular weight excluding hydrogens is 370 g/mol. The van der Waals surface area contributed by atoms with E-state index in [4.69, 9.17) is 15.3 Å². The van der Waals surface area contributed by atoms with Crippen molar-refractivity contribution in [2.24, 2.45) is 5.84 Å². The number of aliphatic hydroxyl groups excluding tert-OH is 1. The molecule has 1 atom stereocenters. The lowest BCUT2D eigenvalue weighted by Crippen LogP contribution is -2.48. The molecular formula is C18H28ClN5O3. The van der Waals surface area contributed by atoms with Gasteiger partial charge in [-0.1, -0.05) is 18.2 Å². The molecule has 0 amide bonds. The third-order valence-electron chi connectivity index (χ3n) is 3.71. The number of nitrogens with one attached hydrogen (secondary N) is 2. The highest BCUT2D eigenvalue weighted by Gasteiger charge is 2.20. The van der Waals surface area contributed by atoms with Crippen LogP contribution in [0.1, 0.15) is 19.4 Å². The van der Waals surface area contributed by atoms with Crippen molar-refractivity contribution < 1.29 is 14.6 Å². The molecule has 0 aliphatic carbocycles. The Morgan fingerprint density at radius 3 is 2.52 bits per heavy atom. The zero-order chi connectivity index (χ0) is 19.0. The molecule has 0 bridgehead atoms. The molecule has 2 aromatic rings. The number of aliphatic hydroxyl groups is 1. The Morgan fingerprint density at radius 1 is 1.15 bits per heavy atom. The van der Waals surface area contributed by atoms with Gasteiger partial charge in [0, 0.05) is 18.2 Å². The SMILES string of the molecule is Cc1ccccc1OCC(O)CNC(C)(C)COc1ccc(NN)nn1.Cl. The van der Waals surface area contributed by atoms with Crippen LogP contribution in [0.4, 0.5) is 5.82 Å². The van der Waals surface area contributed by atoms with Crippen LogP contribution in [0.3, 0.4) is 0 Å². The summed E-state index contributed by atoms with van der Waals surface area (Å²) in [5, 5.41) is 21.2. The molecule has 27 heavy (non-hydrogen) atoms. The highest BCUT2D eigenvalue weighted by molar-refractivity contribution is 5.85. The number of nitrogens with zero attached hydrogens (tertiary/aromatic N) is 2. The standard InChI is InChI=1S/C18H27N5O3.ClH/c1-13-6-4-5-7-15(13)25-11-14(24)10-20-18(2,3)12-26-17-9-8-16(21-19)22-23-17;/h4-9,14,20,24H,10-12,19H2,1-3H3,(H,21,22);1H. The minimum absolute atomic E-state index is 0. The largest absolute Gasteiger partial charge is 0.491 e. The molecule has 0 spiro atoms. The number of para-hydroxylation sites is 1. The van der Waals surface area contributed by atoms with E-state index >= 15 is 0 Å². The molecule has 2 rings (SSSR count). The zero-order valence-corrected chi connectivity index (χ0v) is 16.6. The fourth-order valence-corrected chi connectivity index (χ4v) is 2.14. The molecule has 0 saturated heterocycles. The number of aryl methyl sites for hydroxylation is 1. The van der Waals surface area contributed by atoms with Crippen molar-refractivity contribution in [3.8, 4) is 11.6 Å². The first-order valence-corrected chi connectivity index (χ1v) is 8.44. The summed E-state index contributed by atoms with van der Waals surface area (Å²) in [5.41, 5.74) is 3.08. The summed E-state index contributed by atoms with van der Waals surface area (Å²) in [5.74, 6) is 6.89. The number of aromatic nitrogens is 2. The van der Waals surface area contributed by atoms with Crippen molar-refractivity contribution in [2.45, 2.75) is 32.4 Å². The van der Waals surface area contributed by atoms with Gasteiger partial charge in [0.15, 0.2) is 5.82 Å². The summed E-state index contributed by atoms with van der Waals surface area (Å²) in [4.78, 5) is 0. The molecule has 0 aliphatic heterocycles. The topological polar surface area (TPSA) is 115 Å². The van der Waals surface area contributed by atoms with E-state index in [0.717, 1.165) is 11.3 Å². The smallest absolute Gasteiger partial charge is 0.233 e. The number of nitrogen functional groups attached to an aromatic ring is 1. The summed E-state index contributed by atoms with van der Waals surface area (Å²) < 4.78 is 11.3. The Labute approximate surface area is 165 Å². The van der Waals surface area contributed by atoms with Gasteiger partial charge in [-0.25, -0.2) is 5.84 Å². The lowest BCUT2D eigenvalue weighted by molar-refractivity contribution is 0.0920. The minimum Gasteiger partial charge on any atom is -0.491 e. The molecule has 9 heteroatoms. The van der Waals surface area contributed by atoms with Crippen LogP contribution in [0.15, 0.2) is 36.4 Å². The molecule has 0 saturated carbocycles. The van der Waals surface area contributed by atoms with Gasteiger partial charge in [0.1, 0.15) is 25.1 Å². The number of anilines is 1. The van der Waals surface area contributed by atoms with Crippen LogP contribution in [-0.4, -0.2) is 46.7 Å². The van der Waals surface area contributed by atoms with Gasteiger partial charge in [0.2, 0.25) is 5.88 Å². The van der Waals surface area contributed by atoms with Crippen LogP contribution in [0.25, 0.3) is 0 Å². The number of ether oxygens (including phenoxy) is 2. The van der Waals surface area contributed by atoms with Crippen LogP contribution in [0, 0.1) is 6.92 Å². The number of rotatable bonds is 10. The monoisotopic (exact) mass is 397 g/mol. The number of hydrogen-bond acceptors (Lipinski definition) is 8. The highest BCUT2D eigenvalue weighted by Crippen LogP contribution is 2.16. The quantitative estimate of drug-likeness (QED) is 0.353. The molecule has 8 nitrogen and oxygen atoms in total. The van der Waals surface area contributed by atoms with Crippen molar-refractivity contribution in [3.05, 3.63) is 42.0 Å². The van der Waals surface area contributed by atoms with Crippen molar-refractivity contribution in [1.29, 1.82) is 0 Å². The van der Waals surface area contributed by atoms with E-state index in [0.29, 0.717) is 24.8 Å². The Morgan fingerprint density at radius 2 is 1.89 bits per heavy atom. The average molecular weight is 398 g/mol. The maximum Gasteiger partial charge on any atom is 0.233 e. The molecule has 0 radical (unpaired) electrons. The van der Waals surface area contributed by atoms with Crippen LogP contribution in [-0.2, 0) is 0 Å². The van der Waals surface area contributed by atoms with Crippen molar-refractivity contribution in [3.63, 3.8) is 0 Å². The van der Waals surface area contributed by atoms with E-state index in [9.17, 15) is 5.11 Å². The van der Waals surface area contributed by atoms with Gasteiger partial charge in [-0.3, -0.25) is 0 Å².